The van der Waals surface area contributed by atoms with E-state index in [2.05, 4.69) is 43.3 Å². The van der Waals surface area contributed by atoms with Crippen molar-refractivity contribution in [3.8, 4) is 0 Å². The molecule has 0 aliphatic carbocycles. The summed E-state index contributed by atoms with van der Waals surface area (Å²) >= 11 is 0. The van der Waals surface area contributed by atoms with Crippen LogP contribution in [-0.2, 0) is 10.2 Å². The lowest BCUT2D eigenvalue weighted by Gasteiger charge is -2.45. The van der Waals surface area contributed by atoms with Gasteiger partial charge in [0.25, 0.3) is 0 Å². The van der Waals surface area contributed by atoms with Gasteiger partial charge in [0.15, 0.2) is 0 Å². The number of hydrogen-bond acceptors (Lipinski definition) is 3. The van der Waals surface area contributed by atoms with Crippen LogP contribution < -0.4 is 5.73 Å². The van der Waals surface area contributed by atoms with Crippen LogP contribution >= 0.6 is 0 Å². The molecule has 0 aromatic heterocycles. The fourth-order valence-corrected chi connectivity index (χ4v) is 2.77. The Morgan fingerprint density at radius 1 is 1.21 bits per heavy atom. The molecule has 3 nitrogen and oxygen atoms in total. The first-order valence-corrected chi connectivity index (χ1v) is 6.62. The van der Waals surface area contributed by atoms with Gasteiger partial charge in [-0.25, -0.2) is 0 Å². The Bertz CT molecular complexity index is 605. The predicted octanol–water partition coefficient (Wildman–Crippen LogP) is 1.74. The number of aryl methyl sites for hydroxylation is 1. The molecular formula is C16H19NO2. The summed E-state index contributed by atoms with van der Waals surface area (Å²) in [5.74, 6) is 0. The van der Waals surface area contributed by atoms with Crippen LogP contribution in [0.3, 0.4) is 0 Å². The van der Waals surface area contributed by atoms with Crippen LogP contribution in [0.15, 0.2) is 36.4 Å². The van der Waals surface area contributed by atoms with E-state index >= 15 is 0 Å². The van der Waals surface area contributed by atoms with Crippen molar-refractivity contribution in [2.75, 3.05) is 19.8 Å². The quantitative estimate of drug-likeness (QED) is 0.880. The third-order valence-corrected chi connectivity index (χ3v) is 4.15. The molecule has 19 heavy (non-hydrogen) atoms. The number of aliphatic hydroxyl groups excluding tert-OH is 1. The minimum atomic E-state index is -0.552. The van der Waals surface area contributed by atoms with Gasteiger partial charge in [-0.2, -0.15) is 0 Å². The van der Waals surface area contributed by atoms with Gasteiger partial charge in [0.1, 0.15) is 0 Å². The molecule has 0 saturated carbocycles. The number of rotatable bonds is 3. The summed E-state index contributed by atoms with van der Waals surface area (Å²) in [7, 11) is 0. The second-order valence-electron chi connectivity index (χ2n) is 5.47. The maximum atomic E-state index is 10.2. The third-order valence-electron chi connectivity index (χ3n) is 4.15. The molecule has 1 heterocycles. The average molecular weight is 257 g/mol. The second kappa shape index (κ2) is 4.60. The number of fused-ring (bicyclic) bond motifs is 1. The summed E-state index contributed by atoms with van der Waals surface area (Å²) in [6.45, 7) is 3.44. The fraction of sp³-hybridized carbons (Fsp3) is 0.375. The Morgan fingerprint density at radius 3 is 2.53 bits per heavy atom. The molecule has 1 fully saturated rings. The van der Waals surface area contributed by atoms with Crippen molar-refractivity contribution in [1.82, 2.24) is 0 Å². The molecule has 1 saturated heterocycles. The zero-order chi connectivity index (χ0) is 13.5. The molecule has 1 aliphatic rings. The lowest BCUT2D eigenvalue weighted by atomic mass is 9.73. The van der Waals surface area contributed by atoms with Crippen LogP contribution in [0, 0.1) is 6.92 Å². The second-order valence-corrected chi connectivity index (χ2v) is 5.47. The minimum absolute atomic E-state index is 0.259. The smallest absolute Gasteiger partial charge is 0.0803 e. The van der Waals surface area contributed by atoms with Gasteiger partial charge in [-0.15, -0.1) is 0 Å². The third kappa shape index (κ3) is 1.94. The first-order valence-electron chi connectivity index (χ1n) is 6.62. The van der Waals surface area contributed by atoms with Gasteiger partial charge in [-0.05, 0) is 23.3 Å². The molecular weight excluding hydrogens is 238 g/mol. The molecule has 1 atom stereocenters. The number of ether oxygens (including phenoxy) is 1. The summed E-state index contributed by atoms with van der Waals surface area (Å²) in [6, 6.07) is 12.7. The van der Waals surface area contributed by atoms with Crippen LogP contribution in [-0.4, -0.2) is 31.0 Å². The number of aliphatic hydroxyl groups is 1. The fourth-order valence-electron chi connectivity index (χ4n) is 2.77. The van der Waals surface area contributed by atoms with Crippen LogP contribution in [0.4, 0.5) is 0 Å². The zero-order valence-electron chi connectivity index (χ0n) is 11.1. The largest absolute Gasteiger partial charge is 0.391 e. The van der Waals surface area contributed by atoms with Gasteiger partial charge in [-0.1, -0.05) is 42.0 Å². The molecule has 2 aromatic carbocycles. The molecule has 1 unspecified atom stereocenters. The van der Waals surface area contributed by atoms with Gasteiger partial charge in [-0.3, -0.25) is 0 Å². The number of nitrogens with two attached hydrogens (primary N) is 1. The number of benzene rings is 2. The lowest BCUT2D eigenvalue weighted by molar-refractivity contribution is -0.116. The maximum absolute atomic E-state index is 10.2. The lowest BCUT2D eigenvalue weighted by Crippen LogP contribution is -2.57. The van der Waals surface area contributed by atoms with E-state index in [1.165, 1.54) is 16.3 Å². The van der Waals surface area contributed by atoms with E-state index in [1.807, 2.05) is 0 Å². The van der Waals surface area contributed by atoms with Crippen molar-refractivity contribution in [3.05, 3.63) is 47.5 Å². The van der Waals surface area contributed by atoms with Crippen LogP contribution in [0.5, 0.6) is 0 Å². The summed E-state index contributed by atoms with van der Waals surface area (Å²) in [5, 5.41) is 12.6. The highest BCUT2D eigenvalue weighted by Gasteiger charge is 2.46. The summed E-state index contributed by atoms with van der Waals surface area (Å²) in [5.41, 5.74) is 7.68. The summed E-state index contributed by atoms with van der Waals surface area (Å²) < 4.78 is 5.33. The van der Waals surface area contributed by atoms with Crippen LogP contribution in [0.25, 0.3) is 10.8 Å². The van der Waals surface area contributed by atoms with Gasteiger partial charge in [0.2, 0.25) is 0 Å². The Morgan fingerprint density at radius 2 is 1.89 bits per heavy atom. The summed E-state index contributed by atoms with van der Waals surface area (Å²) in [4.78, 5) is 0. The SMILES string of the molecule is Cc1ccc2cc(C3(C(O)CN)COC3)ccc2c1. The molecule has 1 aliphatic heterocycles. The molecule has 100 valence electrons. The first kappa shape index (κ1) is 12.6. The molecule has 3 heteroatoms. The standard InChI is InChI=1S/C16H19NO2/c1-11-2-3-13-7-14(5-4-12(13)6-11)16(9-19-10-16)15(18)8-17/h2-7,15,18H,8-10,17H2,1H3. The van der Waals surface area contributed by atoms with Crippen molar-refractivity contribution >= 4 is 10.8 Å². The van der Waals surface area contributed by atoms with E-state index in [1.54, 1.807) is 0 Å². The summed E-state index contributed by atoms with van der Waals surface area (Å²) in [6.07, 6.45) is -0.552. The molecule has 2 aromatic rings. The maximum Gasteiger partial charge on any atom is 0.0803 e. The zero-order valence-corrected chi connectivity index (χ0v) is 11.1. The molecule has 0 amide bonds. The predicted molar refractivity (Wildman–Crippen MR) is 76.2 cm³/mol. The topological polar surface area (TPSA) is 55.5 Å². The normalized spacial score (nSPS) is 19.1. The first-order chi connectivity index (χ1) is 9.15. The van der Waals surface area contributed by atoms with Gasteiger partial charge in [0.05, 0.1) is 24.7 Å². The van der Waals surface area contributed by atoms with Crippen molar-refractivity contribution < 1.29 is 9.84 Å². The minimum Gasteiger partial charge on any atom is -0.391 e. The van der Waals surface area contributed by atoms with Crippen molar-refractivity contribution in [3.63, 3.8) is 0 Å². The molecule has 3 rings (SSSR count). The van der Waals surface area contributed by atoms with E-state index in [-0.39, 0.29) is 12.0 Å². The highest BCUT2D eigenvalue weighted by molar-refractivity contribution is 5.84. The van der Waals surface area contributed by atoms with Crippen molar-refractivity contribution in [1.29, 1.82) is 0 Å². The van der Waals surface area contributed by atoms with Gasteiger partial charge >= 0.3 is 0 Å². The molecule has 0 spiro atoms. The van der Waals surface area contributed by atoms with E-state index in [4.69, 9.17) is 10.5 Å². The highest BCUT2D eigenvalue weighted by Crippen LogP contribution is 2.37. The van der Waals surface area contributed by atoms with Crippen LogP contribution in [0.1, 0.15) is 11.1 Å². The van der Waals surface area contributed by atoms with E-state index in [9.17, 15) is 5.11 Å². The molecule has 3 N–H and O–H groups in total. The Labute approximate surface area is 113 Å². The van der Waals surface area contributed by atoms with Crippen LogP contribution in [0.2, 0.25) is 0 Å². The van der Waals surface area contributed by atoms with Gasteiger partial charge in [0, 0.05) is 6.54 Å². The monoisotopic (exact) mass is 257 g/mol. The molecule has 0 bridgehead atoms. The molecule has 0 radical (unpaired) electrons. The Balaban J connectivity index is 2.07. The van der Waals surface area contributed by atoms with E-state index < -0.39 is 6.10 Å². The van der Waals surface area contributed by atoms with E-state index in [0.29, 0.717) is 13.2 Å². The van der Waals surface area contributed by atoms with Crippen molar-refractivity contribution in [2.45, 2.75) is 18.4 Å². The highest BCUT2D eigenvalue weighted by atomic mass is 16.5. The Kier molecular flexibility index (Phi) is 3.05. The van der Waals surface area contributed by atoms with Crippen molar-refractivity contribution in [2.24, 2.45) is 5.73 Å². The van der Waals surface area contributed by atoms with E-state index in [0.717, 1.165) is 5.56 Å². The Hall–Kier alpha value is -1.42. The van der Waals surface area contributed by atoms with Gasteiger partial charge < -0.3 is 15.6 Å². The number of hydrogen-bond donors (Lipinski definition) is 2. The average Bonchev–Trinajstić information content (AvgIpc) is 2.37.